The van der Waals surface area contributed by atoms with Gasteiger partial charge in [-0.1, -0.05) is 32.0 Å². The summed E-state index contributed by atoms with van der Waals surface area (Å²) in [6.07, 6.45) is 0. The van der Waals surface area contributed by atoms with Crippen molar-refractivity contribution in [3.8, 4) is 11.8 Å². The van der Waals surface area contributed by atoms with Crippen LogP contribution in [0.2, 0.25) is 0 Å². The zero-order valence-corrected chi connectivity index (χ0v) is 13.5. The molecule has 0 amide bonds. The van der Waals surface area contributed by atoms with Gasteiger partial charge in [-0.05, 0) is 36.2 Å². The highest BCUT2D eigenvalue weighted by molar-refractivity contribution is 5.43. The number of ether oxygens (including phenoxy) is 1. The summed E-state index contributed by atoms with van der Waals surface area (Å²) in [5.41, 5.74) is 2.51. The van der Waals surface area contributed by atoms with Crippen LogP contribution in [-0.4, -0.2) is 18.6 Å². The molecular formula is C18H21N3O. The number of aromatic nitrogens is 1. The summed E-state index contributed by atoms with van der Waals surface area (Å²) in [7, 11) is 1.66. The summed E-state index contributed by atoms with van der Waals surface area (Å²) in [4.78, 5) is 4.32. The van der Waals surface area contributed by atoms with E-state index in [-0.39, 0.29) is 5.41 Å². The first kappa shape index (κ1) is 15.8. The van der Waals surface area contributed by atoms with Gasteiger partial charge in [0.2, 0.25) is 0 Å². The molecule has 0 saturated carbocycles. The van der Waals surface area contributed by atoms with Crippen molar-refractivity contribution in [2.24, 2.45) is 0 Å². The van der Waals surface area contributed by atoms with Crippen LogP contribution in [0.4, 0.5) is 5.82 Å². The number of aryl methyl sites for hydroxylation is 1. The fourth-order valence-corrected chi connectivity index (χ4v) is 2.20. The van der Waals surface area contributed by atoms with Crippen LogP contribution in [0.25, 0.3) is 0 Å². The normalized spacial score (nSPS) is 10.9. The maximum Gasteiger partial charge on any atom is 0.145 e. The summed E-state index contributed by atoms with van der Waals surface area (Å²) < 4.78 is 5.19. The lowest BCUT2D eigenvalue weighted by atomic mass is 9.84. The van der Waals surface area contributed by atoms with Crippen LogP contribution in [-0.2, 0) is 5.41 Å². The van der Waals surface area contributed by atoms with E-state index in [0.29, 0.717) is 5.69 Å². The fraction of sp³-hybridized carbons (Fsp3) is 0.333. The summed E-state index contributed by atoms with van der Waals surface area (Å²) >= 11 is 0. The number of hydrogen-bond donors (Lipinski definition) is 1. The lowest BCUT2D eigenvalue weighted by Crippen LogP contribution is -2.28. The standard InChI is InChI=1S/C18H21N3O/c1-13-5-10-17(21-16(13)11-19)20-12-18(2,3)14-6-8-15(22-4)9-7-14/h5-10H,12H2,1-4H3,(H,20,21). The molecule has 0 bridgehead atoms. The van der Waals surface area contributed by atoms with E-state index in [1.54, 1.807) is 7.11 Å². The zero-order chi connectivity index (χ0) is 16.2. The molecule has 0 aliphatic rings. The van der Waals surface area contributed by atoms with E-state index in [2.05, 4.69) is 42.4 Å². The molecule has 0 unspecified atom stereocenters. The van der Waals surface area contributed by atoms with Crippen molar-refractivity contribution >= 4 is 5.82 Å². The monoisotopic (exact) mass is 295 g/mol. The maximum absolute atomic E-state index is 9.05. The van der Waals surface area contributed by atoms with Crippen LogP contribution in [0.5, 0.6) is 5.75 Å². The number of nitriles is 1. The number of nitrogens with zero attached hydrogens (tertiary/aromatic N) is 2. The zero-order valence-electron chi connectivity index (χ0n) is 13.5. The van der Waals surface area contributed by atoms with Gasteiger partial charge in [0.05, 0.1) is 7.11 Å². The second-order valence-corrected chi connectivity index (χ2v) is 5.94. The molecule has 4 nitrogen and oxygen atoms in total. The molecular weight excluding hydrogens is 274 g/mol. The molecule has 1 heterocycles. The highest BCUT2D eigenvalue weighted by atomic mass is 16.5. The average molecular weight is 295 g/mol. The topological polar surface area (TPSA) is 57.9 Å². The molecule has 0 saturated heterocycles. The number of rotatable bonds is 5. The van der Waals surface area contributed by atoms with Crippen molar-refractivity contribution in [2.75, 3.05) is 19.0 Å². The molecule has 0 radical (unpaired) electrons. The summed E-state index contributed by atoms with van der Waals surface area (Å²) in [6.45, 7) is 6.94. The van der Waals surface area contributed by atoms with Gasteiger partial charge in [-0.25, -0.2) is 4.98 Å². The van der Waals surface area contributed by atoms with E-state index in [0.717, 1.165) is 23.7 Å². The van der Waals surface area contributed by atoms with Crippen molar-refractivity contribution in [1.29, 1.82) is 5.26 Å². The van der Waals surface area contributed by atoms with Gasteiger partial charge in [-0.2, -0.15) is 5.26 Å². The van der Waals surface area contributed by atoms with E-state index >= 15 is 0 Å². The molecule has 114 valence electrons. The van der Waals surface area contributed by atoms with Gasteiger partial charge in [-0.15, -0.1) is 0 Å². The molecule has 0 aliphatic heterocycles. The Balaban J connectivity index is 2.10. The quantitative estimate of drug-likeness (QED) is 0.914. The van der Waals surface area contributed by atoms with Gasteiger partial charge >= 0.3 is 0 Å². The molecule has 1 aromatic heterocycles. The number of methoxy groups -OCH3 is 1. The van der Waals surface area contributed by atoms with Gasteiger partial charge in [-0.3, -0.25) is 0 Å². The first-order valence-corrected chi connectivity index (χ1v) is 7.22. The van der Waals surface area contributed by atoms with Gasteiger partial charge in [0.15, 0.2) is 0 Å². The van der Waals surface area contributed by atoms with Crippen molar-refractivity contribution in [3.05, 3.63) is 53.2 Å². The molecule has 2 aromatic rings. The van der Waals surface area contributed by atoms with Gasteiger partial charge in [0.25, 0.3) is 0 Å². The third-order valence-corrected chi connectivity index (χ3v) is 3.79. The number of benzene rings is 1. The second kappa shape index (κ2) is 6.48. The minimum atomic E-state index is -0.0638. The smallest absolute Gasteiger partial charge is 0.145 e. The number of hydrogen-bond acceptors (Lipinski definition) is 4. The SMILES string of the molecule is COc1ccc(C(C)(C)CNc2ccc(C)c(C#N)n2)cc1. The minimum Gasteiger partial charge on any atom is -0.497 e. The molecule has 0 atom stereocenters. The Morgan fingerprint density at radius 1 is 1.18 bits per heavy atom. The van der Waals surface area contributed by atoms with E-state index in [4.69, 9.17) is 10.00 Å². The van der Waals surface area contributed by atoms with E-state index in [9.17, 15) is 0 Å². The highest BCUT2D eigenvalue weighted by Crippen LogP contribution is 2.25. The van der Waals surface area contributed by atoms with Crippen LogP contribution in [0.15, 0.2) is 36.4 Å². The Morgan fingerprint density at radius 2 is 1.86 bits per heavy atom. The maximum atomic E-state index is 9.05. The Hall–Kier alpha value is -2.54. The minimum absolute atomic E-state index is 0.0638. The molecule has 1 aromatic carbocycles. The third kappa shape index (κ3) is 3.56. The summed E-state index contributed by atoms with van der Waals surface area (Å²) in [5, 5.41) is 12.4. The van der Waals surface area contributed by atoms with Gasteiger partial charge < -0.3 is 10.1 Å². The highest BCUT2D eigenvalue weighted by Gasteiger charge is 2.20. The molecule has 0 fully saturated rings. The van der Waals surface area contributed by atoms with E-state index in [1.165, 1.54) is 5.56 Å². The molecule has 22 heavy (non-hydrogen) atoms. The fourth-order valence-electron chi connectivity index (χ4n) is 2.20. The van der Waals surface area contributed by atoms with Crippen molar-refractivity contribution < 1.29 is 4.74 Å². The average Bonchev–Trinajstić information content (AvgIpc) is 2.54. The third-order valence-electron chi connectivity index (χ3n) is 3.79. The van der Waals surface area contributed by atoms with Crippen molar-refractivity contribution in [3.63, 3.8) is 0 Å². The van der Waals surface area contributed by atoms with Crippen LogP contribution < -0.4 is 10.1 Å². The predicted molar refractivity (Wildman–Crippen MR) is 88.2 cm³/mol. The predicted octanol–water partition coefficient (Wildman–Crippen LogP) is 3.66. The Kier molecular flexibility index (Phi) is 4.67. The van der Waals surface area contributed by atoms with Gasteiger partial charge in [0, 0.05) is 12.0 Å². The second-order valence-electron chi connectivity index (χ2n) is 5.94. The van der Waals surface area contributed by atoms with Crippen LogP contribution in [0.3, 0.4) is 0 Å². The van der Waals surface area contributed by atoms with Gasteiger partial charge in [0.1, 0.15) is 23.3 Å². The molecule has 0 spiro atoms. The van der Waals surface area contributed by atoms with E-state index in [1.807, 2.05) is 31.2 Å². The Bertz CT molecular complexity index is 684. The largest absolute Gasteiger partial charge is 0.497 e. The number of pyridine rings is 1. The first-order chi connectivity index (χ1) is 10.5. The Morgan fingerprint density at radius 3 is 2.45 bits per heavy atom. The summed E-state index contributed by atoms with van der Waals surface area (Å²) in [5.74, 6) is 1.58. The number of anilines is 1. The number of nitrogens with one attached hydrogen (secondary N) is 1. The van der Waals surface area contributed by atoms with Crippen molar-refractivity contribution in [1.82, 2.24) is 4.98 Å². The summed E-state index contributed by atoms with van der Waals surface area (Å²) in [6, 6.07) is 14.0. The molecule has 2 rings (SSSR count). The molecule has 1 N–H and O–H groups in total. The molecule has 4 heteroatoms. The Labute approximate surface area is 131 Å². The van der Waals surface area contributed by atoms with Crippen LogP contribution >= 0.6 is 0 Å². The van der Waals surface area contributed by atoms with E-state index < -0.39 is 0 Å². The van der Waals surface area contributed by atoms with Crippen molar-refractivity contribution in [2.45, 2.75) is 26.2 Å². The lowest BCUT2D eigenvalue weighted by molar-refractivity contribution is 0.414. The van der Waals surface area contributed by atoms with Crippen LogP contribution in [0.1, 0.15) is 30.7 Å². The molecule has 0 aliphatic carbocycles. The first-order valence-electron chi connectivity index (χ1n) is 7.22. The lowest BCUT2D eigenvalue weighted by Gasteiger charge is -2.26. The van der Waals surface area contributed by atoms with Crippen LogP contribution in [0, 0.1) is 18.3 Å².